The van der Waals surface area contributed by atoms with Crippen LogP contribution >= 0.6 is 11.6 Å². The molecular formula is C21H31BClNO4. The van der Waals surface area contributed by atoms with E-state index in [1.165, 1.54) is 5.56 Å². The molecule has 0 bridgehead atoms. The number of benzene rings is 1. The molecule has 154 valence electrons. The average molecular weight is 408 g/mol. The molecule has 0 spiro atoms. The van der Waals surface area contributed by atoms with Crippen molar-refractivity contribution in [3.8, 4) is 0 Å². The summed E-state index contributed by atoms with van der Waals surface area (Å²) in [6.07, 6.45) is 5.80. The lowest BCUT2D eigenvalue weighted by atomic mass is 9.69. The standard InChI is InChI=1S/C21H31BClNO4/c23-19-5-3-16(4-6-19)17-8-11-24(12-9-17)14-18-2-1-15(7-10-22(27)28)13-20(18)21(25)26/h3-6,15,17-18,20,27-28H,1-2,7-14H2,(H,25,26)/t15?,18-,20-/m0/s1. The molecule has 2 fully saturated rings. The van der Waals surface area contributed by atoms with Crippen molar-refractivity contribution in [1.29, 1.82) is 0 Å². The highest BCUT2D eigenvalue weighted by atomic mass is 35.5. The zero-order chi connectivity index (χ0) is 20.1. The van der Waals surface area contributed by atoms with E-state index in [0.717, 1.165) is 50.3 Å². The van der Waals surface area contributed by atoms with Gasteiger partial charge in [-0.2, -0.15) is 0 Å². The summed E-state index contributed by atoms with van der Waals surface area (Å²) in [5.41, 5.74) is 1.35. The first-order chi connectivity index (χ1) is 13.4. The molecule has 1 unspecified atom stereocenters. The van der Waals surface area contributed by atoms with Crippen LogP contribution in [-0.2, 0) is 4.79 Å². The van der Waals surface area contributed by atoms with Crippen molar-refractivity contribution in [2.75, 3.05) is 19.6 Å². The predicted octanol–water partition coefficient (Wildman–Crippen LogP) is 3.50. The van der Waals surface area contributed by atoms with Gasteiger partial charge in [-0.25, -0.2) is 0 Å². The van der Waals surface area contributed by atoms with E-state index in [0.29, 0.717) is 25.1 Å². The summed E-state index contributed by atoms with van der Waals surface area (Å²) in [6.45, 7) is 2.88. The molecule has 7 heteroatoms. The third-order valence-electron chi connectivity index (χ3n) is 6.67. The molecule has 1 saturated carbocycles. The summed E-state index contributed by atoms with van der Waals surface area (Å²) < 4.78 is 0. The van der Waals surface area contributed by atoms with E-state index in [1.54, 1.807) is 0 Å². The fraction of sp³-hybridized carbons (Fsp3) is 0.667. The first-order valence-electron chi connectivity index (χ1n) is 10.5. The second-order valence-electron chi connectivity index (χ2n) is 8.57. The largest absolute Gasteiger partial charge is 0.481 e. The topological polar surface area (TPSA) is 81.0 Å². The van der Waals surface area contributed by atoms with Crippen molar-refractivity contribution in [3.63, 3.8) is 0 Å². The van der Waals surface area contributed by atoms with Gasteiger partial charge in [-0.3, -0.25) is 4.79 Å². The highest BCUT2D eigenvalue weighted by Crippen LogP contribution is 2.38. The van der Waals surface area contributed by atoms with Crippen LogP contribution in [0, 0.1) is 17.8 Å². The van der Waals surface area contributed by atoms with Crippen LogP contribution in [0.5, 0.6) is 0 Å². The van der Waals surface area contributed by atoms with E-state index in [4.69, 9.17) is 21.6 Å². The molecule has 0 radical (unpaired) electrons. The van der Waals surface area contributed by atoms with Crippen LogP contribution in [0.4, 0.5) is 0 Å². The highest BCUT2D eigenvalue weighted by Gasteiger charge is 2.36. The zero-order valence-corrected chi connectivity index (χ0v) is 17.1. The Hall–Kier alpha value is -1.08. The van der Waals surface area contributed by atoms with Gasteiger partial charge >= 0.3 is 13.1 Å². The number of likely N-dealkylation sites (tertiary alicyclic amines) is 1. The van der Waals surface area contributed by atoms with Gasteiger partial charge < -0.3 is 20.1 Å². The predicted molar refractivity (Wildman–Crippen MR) is 111 cm³/mol. The Morgan fingerprint density at radius 1 is 1.11 bits per heavy atom. The van der Waals surface area contributed by atoms with Gasteiger partial charge in [0.2, 0.25) is 0 Å². The molecule has 3 atom stereocenters. The monoisotopic (exact) mass is 407 g/mol. The summed E-state index contributed by atoms with van der Waals surface area (Å²) in [4.78, 5) is 14.3. The summed E-state index contributed by atoms with van der Waals surface area (Å²) in [5, 5.41) is 28.6. The van der Waals surface area contributed by atoms with Gasteiger partial charge in [-0.05, 0) is 80.5 Å². The van der Waals surface area contributed by atoms with E-state index in [-0.39, 0.29) is 17.8 Å². The lowest BCUT2D eigenvalue weighted by Gasteiger charge is -2.39. The number of halogens is 1. The summed E-state index contributed by atoms with van der Waals surface area (Å²) in [6, 6.07) is 8.14. The van der Waals surface area contributed by atoms with Crippen LogP contribution in [0.2, 0.25) is 11.3 Å². The van der Waals surface area contributed by atoms with E-state index < -0.39 is 13.1 Å². The SMILES string of the molecule is O=C(O)[C@H]1CC(CCB(O)O)CC[C@H]1CN1CCC(c2ccc(Cl)cc2)CC1. The van der Waals surface area contributed by atoms with Crippen molar-refractivity contribution in [1.82, 2.24) is 4.90 Å². The lowest BCUT2D eigenvalue weighted by molar-refractivity contribution is -0.146. The molecule has 1 saturated heterocycles. The Balaban J connectivity index is 1.49. The van der Waals surface area contributed by atoms with Crippen LogP contribution < -0.4 is 0 Å². The molecule has 2 aliphatic rings. The van der Waals surface area contributed by atoms with Gasteiger partial charge in [-0.1, -0.05) is 36.6 Å². The van der Waals surface area contributed by atoms with Crippen molar-refractivity contribution < 1.29 is 19.9 Å². The fourth-order valence-corrected chi connectivity index (χ4v) is 5.13. The van der Waals surface area contributed by atoms with Crippen LogP contribution in [0.3, 0.4) is 0 Å². The maximum absolute atomic E-state index is 11.8. The second-order valence-corrected chi connectivity index (χ2v) is 9.00. The Morgan fingerprint density at radius 3 is 2.39 bits per heavy atom. The average Bonchev–Trinajstić information content (AvgIpc) is 2.68. The van der Waals surface area contributed by atoms with Gasteiger partial charge in [-0.15, -0.1) is 0 Å². The fourth-order valence-electron chi connectivity index (χ4n) is 5.00. The van der Waals surface area contributed by atoms with Crippen molar-refractivity contribution >= 4 is 24.7 Å². The van der Waals surface area contributed by atoms with Gasteiger partial charge in [0, 0.05) is 11.6 Å². The number of nitrogens with zero attached hydrogens (tertiary/aromatic N) is 1. The molecule has 1 aliphatic carbocycles. The Kier molecular flexibility index (Phi) is 7.81. The Bertz CT molecular complexity index is 634. The molecule has 0 amide bonds. The number of carboxylic acids is 1. The summed E-state index contributed by atoms with van der Waals surface area (Å²) >= 11 is 5.99. The first kappa shape index (κ1) is 21.6. The summed E-state index contributed by atoms with van der Waals surface area (Å²) in [5.74, 6) is 0.0259. The van der Waals surface area contributed by atoms with Gasteiger partial charge in [0.15, 0.2) is 0 Å². The normalized spacial score (nSPS) is 26.9. The molecule has 0 aromatic heterocycles. The van der Waals surface area contributed by atoms with Gasteiger partial charge in [0.05, 0.1) is 5.92 Å². The molecule has 1 aromatic rings. The number of piperidine rings is 1. The quantitative estimate of drug-likeness (QED) is 0.603. The van der Waals surface area contributed by atoms with Crippen molar-refractivity contribution in [2.45, 2.75) is 50.8 Å². The summed E-state index contributed by atoms with van der Waals surface area (Å²) in [7, 11) is -1.29. The smallest absolute Gasteiger partial charge is 0.451 e. The Labute approximate surface area is 172 Å². The maximum Gasteiger partial charge on any atom is 0.451 e. The van der Waals surface area contributed by atoms with Crippen LogP contribution in [0.25, 0.3) is 0 Å². The van der Waals surface area contributed by atoms with E-state index in [9.17, 15) is 9.90 Å². The minimum Gasteiger partial charge on any atom is -0.481 e. The minimum absolute atomic E-state index is 0.194. The molecule has 1 heterocycles. The van der Waals surface area contributed by atoms with Gasteiger partial charge in [0.25, 0.3) is 0 Å². The zero-order valence-electron chi connectivity index (χ0n) is 16.3. The van der Waals surface area contributed by atoms with Crippen molar-refractivity contribution in [2.24, 2.45) is 17.8 Å². The molecule has 5 nitrogen and oxygen atoms in total. The minimum atomic E-state index is -1.29. The van der Waals surface area contributed by atoms with Crippen molar-refractivity contribution in [3.05, 3.63) is 34.9 Å². The molecule has 1 aliphatic heterocycles. The number of aliphatic carboxylic acids is 1. The molecule has 1 aromatic carbocycles. The number of hydrogen-bond acceptors (Lipinski definition) is 4. The molecular weight excluding hydrogens is 376 g/mol. The Morgan fingerprint density at radius 2 is 1.79 bits per heavy atom. The first-order valence-corrected chi connectivity index (χ1v) is 10.9. The number of carboxylic acid groups (broad SMARTS) is 1. The molecule has 3 N–H and O–H groups in total. The van der Waals surface area contributed by atoms with E-state index in [1.807, 2.05) is 12.1 Å². The van der Waals surface area contributed by atoms with E-state index in [2.05, 4.69) is 17.0 Å². The maximum atomic E-state index is 11.8. The van der Waals surface area contributed by atoms with Crippen LogP contribution in [-0.4, -0.2) is 52.8 Å². The second kappa shape index (κ2) is 10.1. The lowest BCUT2D eigenvalue weighted by Crippen LogP contribution is -2.42. The van der Waals surface area contributed by atoms with Crippen LogP contribution in [0.1, 0.15) is 50.0 Å². The number of carbonyl (C=O) groups is 1. The third kappa shape index (κ3) is 5.96. The van der Waals surface area contributed by atoms with Crippen LogP contribution in [0.15, 0.2) is 24.3 Å². The van der Waals surface area contributed by atoms with E-state index >= 15 is 0 Å². The number of rotatable bonds is 7. The highest BCUT2D eigenvalue weighted by molar-refractivity contribution is 6.40. The third-order valence-corrected chi connectivity index (χ3v) is 6.93. The van der Waals surface area contributed by atoms with Gasteiger partial charge in [0.1, 0.15) is 0 Å². The molecule has 3 rings (SSSR count). The molecule has 28 heavy (non-hydrogen) atoms. The number of hydrogen-bond donors (Lipinski definition) is 3.